The highest BCUT2D eigenvalue weighted by Gasteiger charge is 1.94. The third-order valence-electron chi connectivity index (χ3n) is 2.69. The van der Waals surface area contributed by atoms with E-state index in [-0.39, 0.29) is 0 Å². The number of benzene rings is 2. The van der Waals surface area contributed by atoms with Crippen molar-refractivity contribution in [3.8, 4) is 0 Å². The van der Waals surface area contributed by atoms with Gasteiger partial charge in [-0.1, -0.05) is 60.7 Å². The average Bonchev–Trinajstić information content (AvgIpc) is 2.37. The second kappa shape index (κ2) is 6.12. The van der Waals surface area contributed by atoms with Gasteiger partial charge in [0.2, 0.25) is 0 Å². The Morgan fingerprint density at radius 2 is 1.38 bits per heavy atom. The van der Waals surface area contributed by atoms with Crippen LogP contribution < -0.4 is 0 Å². The molecule has 2 aromatic rings. The quantitative estimate of drug-likeness (QED) is 0.645. The molecule has 0 aliphatic rings. The first kappa shape index (κ1) is 10.9. The van der Waals surface area contributed by atoms with E-state index in [9.17, 15) is 0 Å². The summed E-state index contributed by atoms with van der Waals surface area (Å²) in [6.45, 7) is 0. The minimum atomic E-state index is 1.15. The molecular weight excluding hydrogens is 192 g/mol. The van der Waals surface area contributed by atoms with Gasteiger partial charge in [-0.3, -0.25) is 0 Å². The number of aryl methyl sites for hydroxylation is 1. The molecular formula is C16H17. The Balaban J connectivity index is 1.70. The minimum absolute atomic E-state index is 1.15. The topological polar surface area (TPSA) is 0 Å². The molecule has 2 rings (SSSR count). The Morgan fingerprint density at radius 1 is 0.750 bits per heavy atom. The van der Waals surface area contributed by atoms with E-state index in [4.69, 9.17) is 0 Å². The highest BCUT2D eigenvalue weighted by molar-refractivity contribution is 5.22. The second-order valence-electron chi connectivity index (χ2n) is 3.99. The summed E-state index contributed by atoms with van der Waals surface area (Å²) in [5, 5.41) is 0. The van der Waals surface area contributed by atoms with Crippen LogP contribution in [0.4, 0.5) is 0 Å². The van der Waals surface area contributed by atoms with Crippen LogP contribution in [0.15, 0.2) is 60.7 Å². The second-order valence-corrected chi connectivity index (χ2v) is 3.99. The van der Waals surface area contributed by atoms with Gasteiger partial charge < -0.3 is 0 Å². The van der Waals surface area contributed by atoms with Gasteiger partial charge in [0.15, 0.2) is 0 Å². The van der Waals surface area contributed by atoms with Gasteiger partial charge in [-0.25, -0.2) is 0 Å². The molecule has 0 spiro atoms. The highest BCUT2D eigenvalue weighted by Crippen LogP contribution is 2.10. The fourth-order valence-electron chi connectivity index (χ4n) is 1.81. The van der Waals surface area contributed by atoms with Gasteiger partial charge in [0, 0.05) is 0 Å². The molecule has 0 saturated carbocycles. The molecule has 0 aliphatic heterocycles. The minimum Gasteiger partial charge on any atom is -0.0622 e. The summed E-state index contributed by atoms with van der Waals surface area (Å²) in [7, 11) is 0. The van der Waals surface area contributed by atoms with E-state index in [1.807, 2.05) is 0 Å². The van der Waals surface area contributed by atoms with E-state index >= 15 is 0 Å². The van der Waals surface area contributed by atoms with Gasteiger partial charge in [0.05, 0.1) is 0 Å². The van der Waals surface area contributed by atoms with Gasteiger partial charge in [-0.05, 0) is 36.8 Å². The molecule has 0 N–H and O–H groups in total. The predicted octanol–water partition coefficient (Wildman–Crippen LogP) is 4.26. The molecule has 0 saturated heterocycles. The Hall–Kier alpha value is -1.56. The van der Waals surface area contributed by atoms with E-state index < -0.39 is 0 Å². The fraction of sp³-hybridized carbons (Fsp3) is 0.188. The van der Waals surface area contributed by atoms with Crippen molar-refractivity contribution in [2.75, 3.05) is 0 Å². The molecule has 81 valence electrons. The number of rotatable bonds is 5. The molecule has 0 amide bonds. The van der Waals surface area contributed by atoms with E-state index in [0.29, 0.717) is 0 Å². The lowest BCUT2D eigenvalue weighted by Crippen LogP contribution is -1.86. The molecule has 16 heavy (non-hydrogen) atoms. The van der Waals surface area contributed by atoms with Crippen molar-refractivity contribution in [1.29, 1.82) is 0 Å². The summed E-state index contributed by atoms with van der Waals surface area (Å²) in [6.07, 6.45) is 5.85. The van der Waals surface area contributed by atoms with Crippen LogP contribution in [0.3, 0.4) is 0 Å². The van der Waals surface area contributed by atoms with Gasteiger partial charge in [0.1, 0.15) is 0 Å². The summed E-state index contributed by atoms with van der Waals surface area (Å²) in [4.78, 5) is 0. The molecule has 2 aromatic carbocycles. The molecule has 1 radical (unpaired) electrons. The maximum atomic E-state index is 2.31. The summed E-state index contributed by atoms with van der Waals surface area (Å²) in [5.74, 6) is 0. The normalized spacial score (nSPS) is 10.2. The molecule has 0 nitrogen and oxygen atoms in total. The molecule has 0 heterocycles. The molecule has 0 aromatic heterocycles. The smallest absolute Gasteiger partial charge is 0.00930 e. The third kappa shape index (κ3) is 3.54. The van der Waals surface area contributed by atoms with Crippen LogP contribution >= 0.6 is 0 Å². The summed E-state index contributed by atoms with van der Waals surface area (Å²) in [5.41, 5.74) is 2.76. The van der Waals surface area contributed by atoms with Gasteiger partial charge >= 0.3 is 0 Å². The van der Waals surface area contributed by atoms with Crippen LogP contribution in [0.1, 0.15) is 24.0 Å². The fourth-order valence-corrected chi connectivity index (χ4v) is 1.81. The lowest BCUT2D eigenvalue weighted by atomic mass is 10.0. The highest BCUT2D eigenvalue weighted by atomic mass is 14.0. The van der Waals surface area contributed by atoms with Crippen molar-refractivity contribution in [3.63, 3.8) is 0 Å². The van der Waals surface area contributed by atoms with Crippen LogP contribution in [-0.4, -0.2) is 0 Å². The van der Waals surface area contributed by atoms with Crippen LogP contribution in [0.2, 0.25) is 0 Å². The average molecular weight is 209 g/mol. The molecule has 0 bridgehead atoms. The number of hydrogen-bond donors (Lipinski definition) is 0. The zero-order chi connectivity index (χ0) is 11.1. The van der Waals surface area contributed by atoms with Gasteiger partial charge in [0.25, 0.3) is 0 Å². The van der Waals surface area contributed by atoms with Gasteiger partial charge in [-0.15, -0.1) is 0 Å². The molecule has 0 fully saturated rings. The van der Waals surface area contributed by atoms with E-state index in [1.54, 1.807) is 0 Å². The molecule has 0 atom stereocenters. The zero-order valence-corrected chi connectivity index (χ0v) is 9.47. The van der Waals surface area contributed by atoms with Gasteiger partial charge in [-0.2, -0.15) is 0 Å². The first-order valence-electron chi connectivity index (χ1n) is 5.87. The lowest BCUT2D eigenvalue weighted by Gasteiger charge is -2.01. The maximum Gasteiger partial charge on any atom is -0.00930 e. The summed E-state index contributed by atoms with van der Waals surface area (Å²) < 4.78 is 0. The summed E-state index contributed by atoms with van der Waals surface area (Å²) >= 11 is 0. The van der Waals surface area contributed by atoms with Crippen LogP contribution in [0.25, 0.3) is 0 Å². The van der Waals surface area contributed by atoms with E-state index in [0.717, 1.165) is 6.42 Å². The van der Waals surface area contributed by atoms with E-state index in [2.05, 4.69) is 67.1 Å². The molecule has 0 heteroatoms. The van der Waals surface area contributed by atoms with Crippen molar-refractivity contribution in [2.45, 2.75) is 19.3 Å². The monoisotopic (exact) mass is 209 g/mol. The Kier molecular flexibility index (Phi) is 4.18. The summed E-state index contributed by atoms with van der Waals surface area (Å²) in [6, 6.07) is 21.2. The van der Waals surface area contributed by atoms with E-state index in [1.165, 1.54) is 24.0 Å². The van der Waals surface area contributed by atoms with Crippen LogP contribution in [-0.2, 0) is 6.42 Å². The number of unbranched alkanes of at least 4 members (excludes halogenated alkanes) is 1. The third-order valence-corrected chi connectivity index (χ3v) is 2.69. The largest absolute Gasteiger partial charge is 0.0622 e. The van der Waals surface area contributed by atoms with Crippen LogP contribution in [0, 0.1) is 6.42 Å². The first-order chi connectivity index (χ1) is 7.95. The Bertz CT molecular complexity index is 347. The predicted molar refractivity (Wildman–Crippen MR) is 69.2 cm³/mol. The maximum absolute atomic E-state index is 2.31. The Labute approximate surface area is 97.9 Å². The molecule has 0 aliphatic carbocycles. The lowest BCUT2D eigenvalue weighted by molar-refractivity contribution is 0.816. The molecule has 0 unspecified atom stereocenters. The van der Waals surface area contributed by atoms with Crippen molar-refractivity contribution in [1.82, 2.24) is 0 Å². The zero-order valence-electron chi connectivity index (χ0n) is 9.47. The van der Waals surface area contributed by atoms with Crippen LogP contribution in [0.5, 0.6) is 0 Å². The van der Waals surface area contributed by atoms with Crippen molar-refractivity contribution in [2.24, 2.45) is 0 Å². The van der Waals surface area contributed by atoms with Crippen molar-refractivity contribution in [3.05, 3.63) is 78.2 Å². The number of hydrogen-bond acceptors (Lipinski definition) is 0. The SMILES string of the molecule is [CH](CCCc1ccccc1)c1ccccc1. The van der Waals surface area contributed by atoms with Crippen molar-refractivity contribution >= 4 is 0 Å². The van der Waals surface area contributed by atoms with Crippen molar-refractivity contribution < 1.29 is 0 Å². The standard InChI is InChI=1S/C16H17/c1-3-9-15(10-4-1)13-7-8-14-16-11-5-2-6-12-16/h1-6,9-13H,7-8,14H2. The first-order valence-corrected chi connectivity index (χ1v) is 5.87. The Morgan fingerprint density at radius 3 is 2.06 bits per heavy atom.